The zero-order valence-corrected chi connectivity index (χ0v) is 17.0. The molecule has 1 aliphatic rings. The van der Waals surface area contributed by atoms with Crippen molar-refractivity contribution in [2.45, 2.75) is 6.42 Å². The third-order valence-corrected chi connectivity index (χ3v) is 5.75. The van der Waals surface area contributed by atoms with Gasteiger partial charge in [0.25, 0.3) is 11.1 Å². The first-order valence-corrected chi connectivity index (χ1v) is 10.0. The SMILES string of the molecule is O=C(Cc1ccccc1)NCCN1C(=O)S/C(=C\c2cccc(Cl)c2Cl)C1=O. The second-order valence-electron chi connectivity index (χ2n) is 5.99. The number of hydrogen-bond acceptors (Lipinski definition) is 4. The van der Waals surface area contributed by atoms with Crippen molar-refractivity contribution in [2.75, 3.05) is 13.1 Å². The number of hydrogen-bond donors (Lipinski definition) is 1. The van der Waals surface area contributed by atoms with Crippen LogP contribution in [0.25, 0.3) is 6.08 Å². The molecule has 3 amide bonds. The highest BCUT2D eigenvalue weighted by atomic mass is 35.5. The average molecular weight is 435 g/mol. The van der Waals surface area contributed by atoms with Crippen LogP contribution in [0.4, 0.5) is 4.79 Å². The minimum atomic E-state index is -0.414. The lowest BCUT2D eigenvalue weighted by Crippen LogP contribution is -2.37. The maximum atomic E-state index is 12.5. The van der Waals surface area contributed by atoms with E-state index in [1.165, 1.54) is 0 Å². The lowest BCUT2D eigenvalue weighted by atomic mass is 10.1. The van der Waals surface area contributed by atoms with E-state index in [-0.39, 0.29) is 35.6 Å². The lowest BCUT2D eigenvalue weighted by Gasteiger charge is -2.13. The van der Waals surface area contributed by atoms with Crippen LogP contribution >= 0.6 is 35.0 Å². The smallest absolute Gasteiger partial charge is 0.293 e. The summed E-state index contributed by atoms with van der Waals surface area (Å²) in [4.78, 5) is 38.0. The summed E-state index contributed by atoms with van der Waals surface area (Å²) in [7, 11) is 0. The number of amides is 3. The standard InChI is InChI=1S/C20H16Cl2N2O3S/c21-15-8-4-7-14(18(15)22)12-16-19(26)24(20(27)28-16)10-9-23-17(25)11-13-5-2-1-3-6-13/h1-8,12H,9-11H2,(H,23,25)/b16-12-. The zero-order valence-electron chi connectivity index (χ0n) is 14.7. The predicted molar refractivity (Wildman–Crippen MR) is 112 cm³/mol. The molecular formula is C20H16Cl2N2O3S. The van der Waals surface area contributed by atoms with E-state index in [1.807, 2.05) is 30.3 Å². The molecule has 1 N–H and O–H groups in total. The van der Waals surface area contributed by atoms with Crippen molar-refractivity contribution in [3.05, 3.63) is 74.6 Å². The predicted octanol–water partition coefficient (Wildman–Crippen LogP) is 4.39. The Balaban J connectivity index is 1.57. The van der Waals surface area contributed by atoms with Gasteiger partial charge in [0.05, 0.1) is 21.4 Å². The zero-order chi connectivity index (χ0) is 20.1. The van der Waals surface area contributed by atoms with Gasteiger partial charge < -0.3 is 5.32 Å². The van der Waals surface area contributed by atoms with Crippen LogP contribution in [-0.4, -0.2) is 35.0 Å². The average Bonchev–Trinajstić information content (AvgIpc) is 2.93. The van der Waals surface area contributed by atoms with E-state index in [9.17, 15) is 14.4 Å². The Bertz CT molecular complexity index is 948. The van der Waals surface area contributed by atoms with Gasteiger partial charge in [-0.2, -0.15) is 0 Å². The molecule has 144 valence electrons. The molecular weight excluding hydrogens is 419 g/mol. The Morgan fingerprint density at radius 2 is 1.82 bits per heavy atom. The molecule has 2 aromatic rings. The van der Waals surface area contributed by atoms with E-state index in [0.29, 0.717) is 15.6 Å². The topological polar surface area (TPSA) is 66.5 Å². The number of carbonyl (C=O) groups excluding carboxylic acids is 3. The quantitative estimate of drug-likeness (QED) is 0.684. The molecule has 2 aromatic carbocycles. The van der Waals surface area contributed by atoms with E-state index < -0.39 is 5.91 Å². The van der Waals surface area contributed by atoms with Crippen molar-refractivity contribution in [3.63, 3.8) is 0 Å². The van der Waals surface area contributed by atoms with E-state index in [0.717, 1.165) is 22.2 Å². The van der Waals surface area contributed by atoms with Crippen LogP contribution in [0.3, 0.4) is 0 Å². The fourth-order valence-corrected chi connectivity index (χ4v) is 3.84. The molecule has 1 fully saturated rings. The molecule has 0 spiro atoms. The highest BCUT2D eigenvalue weighted by molar-refractivity contribution is 8.18. The second kappa shape index (κ2) is 9.28. The van der Waals surface area contributed by atoms with Gasteiger partial charge >= 0.3 is 0 Å². The highest BCUT2D eigenvalue weighted by Gasteiger charge is 2.34. The highest BCUT2D eigenvalue weighted by Crippen LogP contribution is 2.34. The summed E-state index contributed by atoms with van der Waals surface area (Å²) in [6.45, 7) is 0.292. The van der Waals surface area contributed by atoms with E-state index in [4.69, 9.17) is 23.2 Å². The van der Waals surface area contributed by atoms with Crippen LogP contribution in [0, 0.1) is 0 Å². The van der Waals surface area contributed by atoms with Gasteiger partial charge in [0.15, 0.2) is 0 Å². The summed E-state index contributed by atoms with van der Waals surface area (Å²) in [5, 5.41) is 3.04. The fourth-order valence-electron chi connectivity index (χ4n) is 2.62. The van der Waals surface area contributed by atoms with Gasteiger partial charge in [0.1, 0.15) is 0 Å². The first kappa shape index (κ1) is 20.5. The Kier molecular flexibility index (Phi) is 6.78. The fraction of sp³-hybridized carbons (Fsp3) is 0.150. The number of benzene rings is 2. The molecule has 5 nitrogen and oxygen atoms in total. The van der Waals surface area contributed by atoms with E-state index in [2.05, 4.69) is 5.32 Å². The Morgan fingerprint density at radius 1 is 1.07 bits per heavy atom. The van der Waals surface area contributed by atoms with Gasteiger partial charge in [-0.15, -0.1) is 0 Å². The number of nitrogens with one attached hydrogen (secondary N) is 1. The van der Waals surface area contributed by atoms with Gasteiger partial charge in [-0.1, -0.05) is 65.7 Å². The van der Waals surface area contributed by atoms with Crippen molar-refractivity contribution in [1.82, 2.24) is 10.2 Å². The third-order valence-electron chi connectivity index (χ3n) is 4.01. The molecule has 0 aliphatic carbocycles. The summed E-state index contributed by atoms with van der Waals surface area (Å²) in [6.07, 6.45) is 1.79. The summed E-state index contributed by atoms with van der Waals surface area (Å²) in [5.74, 6) is -0.581. The maximum absolute atomic E-state index is 12.5. The molecule has 1 heterocycles. The molecule has 0 saturated carbocycles. The maximum Gasteiger partial charge on any atom is 0.293 e. The molecule has 0 bridgehead atoms. The van der Waals surface area contributed by atoms with Gasteiger partial charge in [-0.3, -0.25) is 19.3 Å². The van der Waals surface area contributed by atoms with Crippen LogP contribution in [0.5, 0.6) is 0 Å². The molecule has 28 heavy (non-hydrogen) atoms. The molecule has 8 heteroatoms. The number of nitrogens with zero attached hydrogens (tertiary/aromatic N) is 1. The number of carbonyl (C=O) groups is 3. The van der Waals surface area contributed by atoms with Gasteiger partial charge in [-0.05, 0) is 35.0 Å². The third kappa shape index (κ3) is 4.95. The van der Waals surface area contributed by atoms with Crippen molar-refractivity contribution in [1.29, 1.82) is 0 Å². The minimum Gasteiger partial charge on any atom is -0.354 e. The van der Waals surface area contributed by atoms with Gasteiger partial charge in [0, 0.05) is 13.1 Å². The second-order valence-corrected chi connectivity index (χ2v) is 7.77. The van der Waals surface area contributed by atoms with Crippen LogP contribution in [-0.2, 0) is 16.0 Å². The van der Waals surface area contributed by atoms with Crippen molar-refractivity contribution in [2.24, 2.45) is 0 Å². The molecule has 1 saturated heterocycles. The van der Waals surface area contributed by atoms with Crippen LogP contribution in [0.2, 0.25) is 10.0 Å². The first-order chi connectivity index (χ1) is 13.5. The lowest BCUT2D eigenvalue weighted by molar-refractivity contribution is -0.124. The number of imide groups is 1. The Labute approximate surface area is 176 Å². The number of thioether (sulfide) groups is 1. The number of halogens is 2. The molecule has 0 unspecified atom stereocenters. The Hall–Kier alpha value is -2.28. The van der Waals surface area contributed by atoms with Crippen molar-refractivity contribution in [3.8, 4) is 0 Å². The number of rotatable bonds is 6. The summed E-state index contributed by atoms with van der Waals surface area (Å²) >= 11 is 12.9. The van der Waals surface area contributed by atoms with Crippen molar-refractivity contribution < 1.29 is 14.4 Å². The van der Waals surface area contributed by atoms with Gasteiger partial charge in [0.2, 0.25) is 5.91 Å². The summed E-state index contributed by atoms with van der Waals surface area (Å²) in [5.41, 5.74) is 1.46. The Morgan fingerprint density at radius 3 is 2.57 bits per heavy atom. The van der Waals surface area contributed by atoms with E-state index in [1.54, 1.807) is 24.3 Å². The van der Waals surface area contributed by atoms with Crippen molar-refractivity contribution >= 4 is 58.1 Å². The first-order valence-electron chi connectivity index (χ1n) is 8.45. The molecule has 0 aromatic heterocycles. The van der Waals surface area contributed by atoms with Gasteiger partial charge in [-0.25, -0.2) is 0 Å². The molecule has 0 atom stereocenters. The summed E-state index contributed by atoms with van der Waals surface area (Å²) < 4.78 is 0. The summed E-state index contributed by atoms with van der Waals surface area (Å²) in [6, 6.07) is 14.4. The van der Waals surface area contributed by atoms with Crippen LogP contribution in [0.15, 0.2) is 53.4 Å². The van der Waals surface area contributed by atoms with E-state index >= 15 is 0 Å². The van der Waals surface area contributed by atoms with Crippen LogP contribution < -0.4 is 5.32 Å². The molecule has 0 radical (unpaired) electrons. The molecule has 3 rings (SSSR count). The normalized spacial score (nSPS) is 15.4. The molecule has 1 aliphatic heterocycles. The largest absolute Gasteiger partial charge is 0.354 e. The monoisotopic (exact) mass is 434 g/mol. The minimum absolute atomic E-state index is 0.103. The van der Waals surface area contributed by atoms with Crippen LogP contribution in [0.1, 0.15) is 11.1 Å².